The quantitative estimate of drug-likeness (QED) is 0.778. The van der Waals surface area contributed by atoms with Crippen molar-refractivity contribution in [2.75, 3.05) is 0 Å². The summed E-state index contributed by atoms with van der Waals surface area (Å²) in [6.07, 6.45) is 0. The van der Waals surface area contributed by atoms with Gasteiger partial charge in [-0.1, -0.05) is 12.1 Å². The summed E-state index contributed by atoms with van der Waals surface area (Å²) >= 11 is 0. The predicted molar refractivity (Wildman–Crippen MR) is 55.1 cm³/mol. The molecule has 0 bridgehead atoms. The van der Waals surface area contributed by atoms with Crippen LogP contribution in [0.1, 0.15) is 0 Å². The van der Waals surface area contributed by atoms with Crippen molar-refractivity contribution in [2.24, 2.45) is 0 Å². The van der Waals surface area contributed by atoms with Crippen molar-refractivity contribution >= 4 is 0 Å². The Kier molecular flexibility index (Phi) is 2.48. The van der Waals surface area contributed by atoms with E-state index in [0.29, 0.717) is 0 Å². The van der Waals surface area contributed by atoms with Crippen molar-refractivity contribution in [3.63, 3.8) is 0 Å². The van der Waals surface area contributed by atoms with E-state index in [1.165, 1.54) is 24.3 Å². The zero-order valence-electron chi connectivity index (χ0n) is 8.11. The Morgan fingerprint density at radius 3 is 1.38 bits per heavy atom. The van der Waals surface area contributed by atoms with Crippen molar-refractivity contribution in [2.45, 2.75) is 0 Å². The van der Waals surface area contributed by atoms with Gasteiger partial charge >= 0.3 is 0 Å². The Hall–Kier alpha value is -2.10. The topological polar surface area (TPSA) is 40.5 Å². The molecule has 2 nitrogen and oxygen atoms in total. The number of halogens is 2. The molecule has 2 aromatic rings. The van der Waals surface area contributed by atoms with Crippen molar-refractivity contribution in [1.29, 1.82) is 0 Å². The fourth-order valence-corrected chi connectivity index (χ4v) is 1.52. The first kappa shape index (κ1) is 10.4. The number of phenols is 2. The molecule has 0 aliphatic carbocycles. The zero-order valence-corrected chi connectivity index (χ0v) is 8.11. The molecule has 4 heteroatoms. The van der Waals surface area contributed by atoms with Gasteiger partial charge in [-0.3, -0.25) is 0 Å². The molecule has 0 heterocycles. The normalized spacial score (nSPS) is 10.4. The van der Waals surface area contributed by atoms with Crippen LogP contribution in [0.5, 0.6) is 11.5 Å². The molecule has 0 aromatic heterocycles. The second kappa shape index (κ2) is 3.81. The van der Waals surface area contributed by atoms with Crippen LogP contribution < -0.4 is 0 Å². The molecule has 0 aliphatic heterocycles. The van der Waals surface area contributed by atoms with Gasteiger partial charge < -0.3 is 10.2 Å². The average Bonchev–Trinajstić information content (AvgIpc) is 2.21. The molecule has 82 valence electrons. The highest BCUT2D eigenvalue weighted by Gasteiger charge is 2.17. The van der Waals surface area contributed by atoms with Crippen LogP contribution >= 0.6 is 0 Å². The first-order valence-electron chi connectivity index (χ1n) is 4.56. The van der Waals surface area contributed by atoms with E-state index in [1.54, 1.807) is 0 Å². The molecule has 0 spiro atoms. The molecular formula is C12H8F2O2. The maximum absolute atomic E-state index is 13.5. The highest BCUT2D eigenvalue weighted by molar-refractivity contribution is 5.76. The van der Waals surface area contributed by atoms with E-state index in [0.717, 1.165) is 12.1 Å². The predicted octanol–water partition coefficient (Wildman–Crippen LogP) is 3.04. The third kappa shape index (κ3) is 1.58. The highest BCUT2D eigenvalue weighted by atomic mass is 19.1. The lowest BCUT2D eigenvalue weighted by molar-refractivity contribution is 0.460. The van der Waals surface area contributed by atoms with E-state index in [4.69, 9.17) is 0 Å². The maximum atomic E-state index is 13.5. The lowest BCUT2D eigenvalue weighted by Crippen LogP contribution is -1.89. The standard InChI is InChI=1S/C12H8F2O2/c13-7-3-1-5-9(15)11(7)12-8(14)4-2-6-10(12)16/h1-6,15-16H. The van der Waals surface area contributed by atoms with Gasteiger partial charge in [0.05, 0.1) is 11.1 Å². The average molecular weight is 222 g/mol. The molecule has 0 saturated carbocycles. The molecular weight excluding hydrogens is 214 g/mol. The summed E-state index contributed by atoms with van der Waals surface area (Å²) in [6.45, 7) is 0. The lowest BCUT2D eigenvalue weighted by Gasteiger charge is -2.08. The molecule has 0 fully saturated rings. The van der Waals surface area contributed by atoms with E-state index in [2.05, 4.69) is 0 Å². The zero-order chi connectivity index (χ0) is 11.7. The summed E-state index contributed by atoms with van der Waals surface area (Å²) in [5.41, 5.74) is -0.670. The molecule has 2 rings (SSSR count). The molecule has 0 amide bonds. The second-order valence-electron chi connectivity index (χ2n) is 3.27. The number of hydrogen-bond acceptors (Lipinski definition) is 2. The third-order valence-corrected chi connectivity index (χ3v) is 2.23. The molecule has 0 atom stereocenters. The maximum Gasteiger partial charge on any atom is 0.134 e. The minimum absolute atomic E-state index is 0.335. The van der Waals surface area contributed by atoms with Crippen LogP contribution in [0.15, 0.2) is 36.4 Å². The molecule has 0 radical (unpaired) electrons. The molecule has 0 aliphatic rings. The van der Waals surface area contributed by atoms with Crippen LogP contribution in [0.4, 0.5) is 8.78 Å². The monoisotopic (exact) mass is 222 g/mol. The van der Waals surface area contributed by atoms with Crippen molar-refractivity contribution < 1.29 is 19.0 Å². The number of aromatic hydroxyl groups is 2. The summed E-state index contributed by atoms with van der Waals surface area (Å²) in [6, 6.07) is 7.22. The summed E-state index contributed by atoms with van der Waals surface area (Å²) in [5, 5.41) is 19.0. The van der Waals surface area contributed by atoms with Gasteiger partial charge in [0.25, 0.3) is 0 Å². The van der Waals surface area contributed by atoms with Crippen molar-refractivity contribution in [3.8, 4) is 22.6 Å². The van der Waals surface area contributed by atoms with Gasteiger partial charge in [0.15, 0.2) is 0 Å². The van der Waals surface area contributed by atoms with Gasteiger partial charge in [-0.05, 0) is 24.3 Å². The summed E-state index contributed by atoms with van der Waals surface area (Å²) in [7, 11) is 0. The van der Waals surface area contributed by atoms with E-state index in [-0.39, 0.29) is 11.1 Å². The summed E-state index contributed by atoms with van der Waals surface area (Å²) < 4.78 is 26.9. The van der Waals surface area contributed by atoms with Crippen LogP contribution in [0.25, 0.3) is 11.1 Å². The van der Waals surface area contributed by atoms with Gasteiger partial charge in [0.1, 0.15) is 23.1 Å². The summed E-state index contributed by atoms with van der Waals surface area (Å²) in [4.78, 5) is 0. The molecule has 16 heavy (non-hydrogen) atoms. The lowest BCUT2D eigenvalue weighted by atomic mass is 10.0. The summed E-state index contributed by atoms with van der Waals surface area (Å²) in [5.74, 6) is -2.42. The Morgan fingerprint density at radius 1 is 0.688 bits per heavy atom. The fraction of sp³-hybridized carbons (Fsp3) is 0. The first-order valence-corrected chi connectivity index (χ1v) is 4.56. The van der Waals surface area contributed by atoms with Crippen molar-refractivity contribution in [1.82, 2.24) is 0 Å². The first-order chi connectivity index (χ1) is 7.61. The van der Waals surface area contributed by atoms with Crippen molar-refractivity contribution in [3.05, 3.63) is 48.0 Å². The Balaban J connectivity index is 2.77. The molecule has 0 saturated heterocycles. The van der Waals surface area contributed by atoms with Gasteiger partial charge in [-0.25, -0.2) is 8.78 Å². The smallest absolute Gasteiger partial charge is 0.134 e. The molecule has 0 unspecified atom stereocenters. The Labute approximate surface area is 90.4 Å². The van der Waals surface area contributed by atoms with Gasteiger partial charge in [-0.2, -0.15) is 0 Å². The van der Waals surface area contributed by atoms with Crippen LogP contribution in [0.2, 0.25) is 0 Å². The van der Waals surface area contributed by atoms with Crippen LogP contribution in [-0.2, 0) is 0 Å². The van der Waals surface area contributed by atoms with E-state index in [1.807, 2.05) is 0 Å². The third-order valence-electron chi connectivity index (χ3n) is 2.23. The van der Waals surface area contributed by atoms with E-state index in [9.17, 15) is 19.0 Å². The Bertz CT molecular complexity index is 449. The highest BCUT2D eigenvalue weighted by Crippen LogP contribution is 2.38. The minimum atomic E-state index is -0.791. The largest absolute Gasteiger partial charge is 0.507 e. The minimum Gasteiger partial charge on any atom is -0.507 e. The van der Waals surface area contributed by atoms with Gasteiger partial charge in [0.2, 0.25) is 0 Å². The van der Waals surface area contributed by atoms with Crippen LogP contribution in [0.3, 0.4) is 0 Å². The fourth-order valence-electron chi connectivity index (χ4n) is 1.52. The number of hydrogen-bond donors (Lipinski definition) is 2. The van der Waals surface area contributed by atoms with Crippen LogP contribution in [0, 0.1) is 11.6 Å². The SMILES string of the molecule is Oc1cccc(F)c1-c1c(O)cccc1F. The van der Waals surface area contributed by atoms with Gasteiger partial charge in [0, 0.05) is 0 Å². The number of phenolic OH excluding ortho intramolecular Hbond substituents is 2. The van der Waals surface area contributed by atoms with Crippen LogP contribution in [-0.4, -0.2) is 10.2 Å². The van der Waals surface area contributed by atoms with Gasteiger partial charge in [-0.15, -0.1) is 0 Å². The van der Waals surface area contributed by atoms with E-state index >= 15 is 0 Å². The molecule has 2 aromatic carbocycles. The number of benzene rings is 2. The number of rotatable bonds is 1. The second-order valence-corrected chi connectivity index (χ2v) is 3.27. The Morgan fingerprint density at radius 2 is 1.06 bits per heavy atom. The molecule has 2 N–H and O–H groups in total. The van der Waals surface area contributed by atoms with E-state index < -0.39 is 23.1 Å².